The fraction of sp³-hybridized carbons (Fsp3) is 0.571. The van der Waals surface area contributed by atoms with E-state index in [4.69, 9.17) is 11.6 Å². The van der Waals surface area contributed by atoms with Crippen LogP contribution in [0, 0.1) is 12.3 Å². The first-order valence-electron chi connectivity index (χ1n) is 6.64. The summed E-state index contributed by atoms with van der Waals surface area (Å²) >= 11 is 7.84. The number of hydrogen-bond donors (Lipinski definition) is 1. The summed E-state index contributed by atoms with van der Waals surface area (Å²) in [5.41, 5.74) is 2.40. The number of rotatable bonds is 6. The topological polar surface area (TPSA) is 37.8 Å². The minimum atomic E-state index is 0.144. The Hall–Kier alpha value is -0.870. The van der Waals surface area contributed by atoms with Crippen molar-refractivity contribution in [2.75, 3.05) is 17.7 Å². The summed E-state index contributed by atoms with van der Waals surface area (Å²) in [5, 5.41) is 5.59. The zero-order chi connectivity index (χ0) is 13.9. The molecule has 0 bridgehead atoms. The number of nitrogens with zero attached hydrogens (tertiary/aromatic N) is 2. The fourth-order valence-electron chi connectivity index (χ4n) is 2.10. The van der Waals surface area contributed by atoms with Gasteiger partial charge in [0.15, 0.2) is 0 Å². The van der Waals surface area contributed by atoms with E-state index in [0.29, 0.717) is 5.88 Å². The second-order valence-corrected chi connectivity index (χ2v) is 6.16. The van der Waals surface area contributed by atoms with Gasteiger partial charge in [-0.25, -0.2) is 9.97 Å². The Bertz CT molecular complexity index is 540. The number of anilines is 1. The van der Waals surface area contributed by atoms with Gasteiger partial charge in [0, 0.05) is 17.8 Å². The smallest absolute Gasteiger partial charge is 0.147 e. The van der Waals surface area contributed by atoms with Gasteiger partial charge in [0.05, 0.1) is 10.2 Å². The van der Waals surface area contributed by atoms with Gasteiger partial charge in [-0.3, -0.25) is 0 Å². The minimum Gasteiger partial charge on any atom is -0.368 e. The molecule has 0 spiro atoms. The molecule has 0 unspecified atom stereocenters. The molecule has 0 saturated heterocycles. The van der Waals surface area contributed by atoms with Crippen LogP contribution in [0.3, 0.4) is 0 Å². The van der Waals surface area contributed by atoms with Gasteiger partial charge in [-0.1, -0.05) is 13.8 Å². The molecule has 0 saturated carbocycles. The molecule has 2 heterocycles. The van der Waals surface area contributed by atoms with Gasteiger partial charge in [-0.2, -0.15) is 0 Å². The van der Waals surface area contributed by atoms with Crippen LogP contribution in [0.25, 0.3) is 10.2 Å². The van der Waals surface area contributed by atoms with E-state index in [1.54, 1.807) is 17.7 Å². The first-order valence-corrected chi connectivity index (χ1v) is 8.06. The molecule has 0 aliphatic heterocycles. The summed E-state index contributed by atoms with van der Waals surface area (Å²) in [6.07, 6.45) is 3.76. The molecular formula is C14H20ClN3S. The number of aromatic nitrogens is 2. The van der Waals surface area contributed by atoms with Crippen LogP contribution in [0.4, 0.5) is 5.82 Å². The average Bonchev–Trinajstić information content (AvgIpc) is 2.84. The van der Waals surface area contributed by atoms with Crippen molar-refractivity contribution < 1.29 is 0 Å². The molecule has 0 amide bonds. The van der Waals surface area contributed by atoms with Crippen molar-refractivity contribution in [3.8, 4) is 0 Å². The Labute approximate surface area is 123 Å². The quantitative estimate of drug-likeness (QED) is 0.800. The van der Waals surface area contributed by atoms with E-state index in [2.05, 4.69) is 41.4 Å². The third-order valence-electron chi connectivity index (χ3n) is 3.95. The van der Waals surface area contributed by atoms with Crippen LogP contribution >= 0.6 is 22.9 Å². The van der Waals surface area contributed by atoms with Crippen molar-refractivity contribution in [2.24, 2.45) is 5.41 Å². The molecule has 0 atom stereocenters. The number of thiophene rings is 1. The number of aryl methyl sites for hydroxylation is 1. The Morgan fingerprint density at radius 1 is 1.32 bits per heavy atom. The lowest BCUT2D eigenvalue weighted by atomic mass is 9.84. The van der Waals surface area contributed by atoms with Gasteiger partial charge in [-0.15, -0.1) is 22.9 Å². The zero-order valence-corrected chi connectivity index (χ0v) is 13.2. The van der Waals surface area contributed by atoms with Gasteiger partial charge in [0.2, 0.25) is 0 Å². The third kappa shape index (κ3) is 2.84. The largest absolute Gasteiger partial charge is 0.368 e. The number of fused-ring (bicyclic) bond motifs is 1. The second kappa shape index (κ2) is 6.06. The summed E-state index contributed by atoms with van der Waals surface area (Å²) in [7, 11) is 0. The van der Waals surface area contributed by atoms with E-state index in [1.165, 1.54) is 5.56 Å². The molecule has 2 aromatic rings. The molecule has 2 rings (SSSR count). The summed E-state index contributed by atoms with van der Waals surface area (Å²) in [4.78, 5) is 8.71. The molecule has 0 aliphatic rings. The fourth-order valence-corrected chi connectivity index (χ4v) is 3.54. The van der Waals surface area contributed by atoms with E-state index in [0.717, 1.165) is 35.4 Å². The van der Waals surface area contributed by atoms with E-state index in [1.807, 2.05) is 0 Å². The maximum Gasteiger partial charge on any atom is 0.147 e. The second-order valence-electron chi connectivity index (χ2n) is 5.01. The molecule has 19 heavy (non-hydrogen) atoms. The van der Waals surface area contributed by atoms with Crippen LogP contribution in [0.1, 0.15) is 32.3 Å². The lowest BCUT2D eigenvalue weighted by Gasteiger charge is -2.29. The molecule has 0 fully saturated rings. The summed E-state index contributed by atoms with van der Waals surface area (Å²) < 4.78 is 1.13. The number of nitrogens with one attached hydrogen (secondary N) is 1. The van der Waals surface area contributed by atoms with Crippen molar-refractivity contribution in [3.05, 3.63) is 17.3 Å². The third-order valence-corrected chi connectivity index (χ3v) is 5.61. The maximum absolute atomic E-state index is 6.14. The normalized spacial score (nSPS) is 12.0. The zero-order valence-electron chi connectivity index (χ0n) is 11.7. The van der Waals surface area contributed by atoms with E-state index in [-0.39, 0.29) is 5.41 Å². The Kier molecular flexibility index (Phi) is 4.63. The first-order chi connectivity index (χ1) is 9.15. The van der Waals surface area contributed by atoms with Crippen molar-refractivity contribution in [2.45, 2.75) is 33.6 Å². The van der Waals surface area contributed by atoms with Gasteiger partial charge >= 0.3 is 0 Å². The van der Waals surface area contributed by atoms with Crippen LogP contribution in [0.15, 0.2) is 11.7 Å². The minimum absolute atomic E-state index is 0.144. The van der Waals surface area contributed by atoms with E-state index in [9.17, 15) is 0 Å². The molecule has 0 radical (unpaired) electrons. The number of halogens is 1. The van der Waals surface area contributed by atoms with Gasteiger partial charge in [0.25, 0.3) is 0 Å². The van der Waals surface area contributed by atoms with Crippen molar-refractivity contribution >= 4 is 39.0 Å². The van der Waals surface area contributed by atoms with Crippen LogP contribution in [0.5, 0.6) is 0 Å². The Morgan fingerprint density at radius 3 is 2.68 bits per heavy atom. The molecule has 5 heteroatoms. The standard InChI is InChI=1S/C14H20ClN3S/c1-4-14(5-2,7-15)8-16-13-12-11(17-9-18-13)10(3)6-19-12/h6,9H,4-5,7-8H2,1-3H3,(H,16,17,18). The highest BCUT2D eigenvalue weighted by Gasteiger charge is 2.25. The Balaban J connectivity index is 2.22. The van der Waals surface area contributed by atoms with Crippen LogP contribution in [-0.2, 0) is 0 Å². The lowest BCUT2D eigenvalue weighted by Crippen LogP contribution is -2.30. The van der Waals surface area contributed by atoms with Crippen LogP contribution in [-0.4, -0.2) is 22.4 Å². The van der Waals surface area contributed by atoms with E-state index >= 15 is 0 Å². The van der Waals surface area contributed by atoms with Crippen molar-refractivity contribution in [3.63, 3.8) is 0 Å². The monoisotopic (exact) mass is 297 g/mol. The van der Waals surface area contributed by atoms with E-state index < -0.39 is 0 Å². The highest BCUT2D eigenvalue weighted by Crippen LogP contribution is 2.31. The molecule has 2 aromatic heterocycles. The predicted molar refractivity (Wildman–Crippen MR) is 84.4 cm³/mol. The summed E-state index contributed by atoms with van der Waals surface area (Å²) in [5.74, 6) is 1.60. The summed E-state index contributed by atoms with van der Waals surface area (Å²) in [6, 6.07) is 0. The average molecular weight is 298 g/mol. The highest BCUT2D eigenvalue weighted by molar-refractivity contribution is 7.18. The molecule has 104 valence electrons. The first kappa shape index (κ1) is 14.5. The van der Waals surface area contributed by atoms with Crippen molar-refractivity contribution in [1.29, 1.82) is 0 Å². The lowest BCUT2D eigenvalue weighted by molar-refractivity contribution is 0.326. The highest BCUT2D eigenvalue weighted by atomic mass is 35.5. The predicted octanol–water partition coefficient (Wildman–Crippen LogP) is 4.46. The number of alkyl halides is 1. The van der Waals surface area contributed by atoms with Gasteiger partial charge in [-0.05, 0) is 30.7 Å². The van der Waals surface area contributed by atoms with Crippen LogP contribution < -0.4 is 5.32 Å². The summed E-state index contributed by atoms with van der Waals surface area (Å²) in [6.45, 7) is 7.32. The molecule has 0 aromatic carbocycles. The van der Waals surface area contributed by atoms with Crippen LogP contribution in [0.2, 0.25) is 0 Å². The Morgan fingerprint density at radius 2 is 2.05 bits per heavy atom. The van der Waals surface area contributed by atoms with Crippen molar-refractivity contribution in [1.82, 2.24) is 9.97 Å². The molecular weight excluding hydrogens is 278 g/mol. The molecule has 3 nitrogen and oxygen atoms in total. The van der Waals surface area contributed by atoms with Gasteiger partial charge in [0.1, 0.15) is 12.1 Å². The molecule has 1 N–H and O–H groups in total. The SMILES string of the molecule is CCC(CC)(CCl)CNc1ncnc2c(C)csc12. The van der Waals surface area contributed by atoms with Gasteiger partial charge < -0.3 is 5.32 Å². The maximum atomic E-state index is 6.14. The molecule has 0 aliphatic carbocycles. The number of hydrogen-bond acceptors (Lipinski definition) is 4.